The number of carbonyl (C=O) groups is 1. The van der Waals surface area contributed by atoms with E-state index in [2.05, 4.69) is 15.5 Å². The zero-order chi connectivity index (χ0) is 16.9. The number of halogens is 1. The second-order valence-corrected chi connectivity index (χ2v) is 6.45. The molecule has 1 N–H and O–H groups in total. The highest BCUT2D eigenvalue weighted by Gasteiger charge is 2.09. The predicted octanol–water partition coefficient (Wildman–Crippen LogP) is 3.47. The number of fused-ring (bicyclic) bond motifs is 1. The van der Waals surface area contributed by atoms with Crippen LogP contribution in [0.15, 0.2) is 58.8 Å². The summed E-state index contributed by atoms with van der Waals surface area (Å²) in [6, 6.07) is 15.1. The monoisotopic (exact) mass is 358 g/mol. The molecule has 0 fully saturated rings. The van der Waals surface area contributed by atoms with Crippen LogP contribution in [0.2, 0.25) is 5.02 Å². The van der Waals surface area contributed by atoms with E-state index in [1.165, 1.54) is 11.8 Å². The van der Waals surface area contributed by atoms with Crippen molar-refractivity contribution >= 4 is 46.5 Å². The second kappa shape index (κ2) is 7.51. The molecule has 0 atom stereocenters. The Morgan fingerprint density at radius 1 is 1.29 bits per heavy atom. The van der Waals surface area contributed by atoms with E-state index < -0.39 is 0 Å². The number of hydrazone groups is 1. The summed E-state index contributed by atoms with van der Waals surface area (Å²) in [6.45, 7) is 0. The number of thioether (sulfide) groups is 1. The zero-order valence-corrected chi connectivity index (χ0v) is 14.5. The van der Waals surface area contributed by atoms with E-state index in [4.69, 9.17) is 11.6 Å². The Kier molecular flexibility index (Phi) is 5.17. The molecule has 0 aliphatic heterocycles. The second-order valence-electron chi connectivity index (χ2n) is 5.08. The van der Waals surface area contributed by atoms with Crippen LogP contribution in [-0.2, 0) is 11.8 Å². The number of aromatic nitrogens is 2. The number of imidazole rings is 1. The number of hydrogen-bond donors (Lipinski definition) is 1. The minimum Gasteiger partial charge on any atom is -0.322 e. The third kappa shape index (κ3) is 3.96. The number of rotatable bonds is 5. The number of benzene rings is 2. The van der Waals surface area contributed by atoms with Crippen molar-refractivity contribution in [3.8, 4) is 0 Å². The fourth-order valence-corrected chi connectivity index (χ4v) is 3.05. The normalized spacial score (nSPS) is 11.2. The van der Waals surface area contributed by atoms with Crippen molar-refractivity contribution in [1.29, 1.82) is 0 Å². The molecule has 0 aliphatic rings. The summed E-state index contributed by atoms with van der Waals surface area (Å²) >= 11 is 7.19. The molecule has 0 saturated carbocycles. The van der Waals surface area contributed by atoms with Crippen molar-refractivity contribution in [2.24, 2.45) is 12.1 Å². The Labute approximate surface area is 148 Å². The van der Waals surface area contributed by atoms with Gasteiger partial charge in [-0.2, -0.15) is 5.10 Å². The molecule has 0 radical (unpaired) electrons. The smallest absolute Gasteiger partial charge is 0.250 e. The lowest BCUT2D eigenvalue weighted by atomic mass is 10.2. The fraction of sp³-hybridized carbons (Fsp3) is 0.118. The highest BCUT2D eigenvalue weighted by atomic mass is 35.5. The van der Waals surface area contributed by atoms with Crippen LogP contribution in [0.5, 0.6) is 0 Å². The van der Waals surface area contributed by atoms with Gasteiger partial charge in [0.05, 0.1) is 23.0 Å². The SMILES string of the molecule is Cn1c(SCC(=O)NN=Cc2ccc(Cl)cc2)nc2ccccc21. The molecule has 0 bridgehead atoms. The van der Waals surface area contributed by atoms with Crippen LogP contribution >= 0.6 is 23.4 Å². The molecule has 5 nitrogen and oxygen atoms in total. The maximum Gasteiger partial charge on any atom is 0.250 e. The van der Waals surface area contributed by atoms with Crippen LogP contribution in [0.4, 0.5) is 0 Å². The van der Waals surface area contributed by atoms with Gasteiger partial charge in [0, 0.05) is 12.1 Å². The maximum absolute atomic E-state index is 11.9. The van der Waals surface area contributed by atoms with E-state index >= 15 is 0 Å². The van der Waals surface area contributed by atoms with Gasteiger partial charge < -0.3 is 4.57 Å². The summed E-state index contributed by atoms with van der Waals surface area (Å²) < 4.78 is 1.98. The molecule has 122 valence electrons. The molecule has 1 aromatic heterocycles. The maximum atomic E-state index is 11.9. The van der Waals surface area contributed by atoms with E-state index in [1.54, 1.807) is 18.3 Å². The highest BCUT2D eigenvalue weighted by molar-refractivity contribution is 7.99. The van der Waals surface area contributed by atoms with Crippen LogP contribution in [0.3, 0.4) is 0 Å². The van der Waals surface area contributed by atoms with E-state index in [9.17, 15) is 4.79 Å². The van der Waals surface area contributed by atoms with Crippen LogP contribution in [0, 0.1) is 0 Å². The average Bonchev–Trinajstić information content (AvgIpc) is 2.91. The van der Waals surface area contributed by atoms with Gasteiger partial charge in [-0.05, 0) is 29.8 Å². The molecular weight excluding hydrogens is 344 g/mol. The number of nitrogens with one attached hydrogen (secondary N) is 1. The van der Waals surface area contributed by atoms with Crippen LogP contribution < -0.4 is 5.43 Å². The van der Waals surface area contributed by atoms with E-state index in [1.807, 2.05) is 48.0 Å². The van der Waals surface area contributed by atoms with Crippen LogP contribution in [-0.4, -0.2) is 27.4 Å². The van der Waals surface area contributed by atoms with Gasteiger partial charge in [-0.1, -0.05) is 47.6 Å². The Morgan fingerprint density at radius 3 is 2.79 bits per heavy atom. The largest absolute Gasteiger partial charge is 0.322 e. The van der Waals surface area contributed by atoms with E-state index in [-0.39, 0.29) is 11.7 Å². The molecule has 3 aromatic rings. The lowest BCUT2D eigenvalue weighted by Gasteiger charge is -2.01. The van der Waals surface area contributed by atoms with Gasteiger partial charge in [0.1, 0.15) is 0 Å². The van der Waals surface area contributed by atoms with Gasteiger partial charge >= 0.3 is 0 Å². The number of carbonyl (C=O) groups excluding carboxylic acids is 1. The Hall–Kier alpha value is -2.31. The molecule has 0 unspecified atom stereocenters. The Balaban J connectivity index is 1.55. The van der Waals surface area contributed by atoms with E-state index in [0.29, 0.717) is 5.02 Å². The highest BCUT2D eigenvalue weighted by Crippen LogP contribution is 2.22. The van der Waals surface area contributed by atoms with Crippen LogP contribution in [0.1, 0.15) is 5.56 Å². The summed E-state index contributed by atoms with van der Waals surface area (Å²) in [7, 11) is 1.94. The minimum atomic E-state index is -0.183. The number of amides is 1. The molecule has 0 saturated heterocycles. The number of aryl methyl sites for hydroxylation is 1. The van der Waals surface area contributed by atoms with Gasteiger partial charge in [-0.3, -0.25) is 4.79 Å². The van der Waals surface area contributed by atoms with Gasteiger partial charge in [-0.15, -0.1) is 0 Å². The van der Waals surface area contributed by atoms with Crippen molar-refractivity contribution in [1.82, 2.24) is 15.0 Å². The Bertz CT molecular complexity index is 889. The quantitative estimate of drug-likeness (QED) is 0.431. The summed E-state index contributed by atoms with van der Waals surface area (Å²) in [6.07, 6.45) is 1.58. The lowest BCUT2D eigenvalue weighted by molar-refractivity contribution is -0.118. The van der Waals surface area contributed by atoms with Crippen molar-refractivity contribution in [3.63, 3.8) is 0 Å². The number of hydrogen-bond acceptors (Lipinski definition) is 4. The third-order valence-electron chi connectivity index (χ3n) is 3.35. The molecule has 2 aromatic carbocycles. The number of nitrogens with zero attached hydrogens (tertiary/aromatic N) is 3. The third-order valence-corrected chi connectivity index (χ3v) is 4.63. The lowest BCUT2D eigenvalue weighted by Crippen LogP contribution is -2.19. The molecular formula is C17H15ClN4OS. The first-order valence-corrected chi connectivity index (χ1v) is 8.61. The zero-order valence-electron chi connectivity index (χ0n) is 12.9. The predicted molar refractivity (Wildman–Crippen MR) is 98.6 cm³/mol. The molecule has 7 heteroatoms. The van der Waals surface area contributed by atoms with Gasteiger partial charge in [0.15, 0.2) is 5.16 Å². The molecule has 1 amide bonds. The molecule has 1 heterocycles. The van der Waals surface area contributed by atoms with Crippen LogP contribution in [0.25, 0.3) is 11.0 Å². The summed E-state index contributed by atoms with van der Waals surface area (Å²) in [5, 5.41) is 5.40. The Morgan fingerprint density at radius 2 is 2.04 bits per heavy atom. The fourth-order valence-electron chi connectivity index (χ4n) is 2.14. The first kappa shape index (κ1) is 16.5. The van der Waals surface area contributed by atoms with Gasteiger partial charge in [0.25, 0.3) is 5.91 Å². The van der Waals surface area contributed by atoms with Crippen molar-refractivity contribution in [3.05, 3.63) is 59.1 Å². The van der Waals surface area contributed by atoms with Gasteiger partial charge in [0.2, 0.25) is 0 Å². The number of para-hydroxylation sites is 2. The minimum absolute atomic E-state index is 0.183. The first-order chi connectivity index (χ1) is 11.6. The molecule has 0 aliphatic carbocycles. The van der Waals surface area contributed by atoms with Gasteiger partial charge in [-0.25, -0.2) is 10.4 Å². The van der Waals surface area contributed by atoms with Crippen molar-refractivity contribution < 1.29 is 4.79 Å². The average molecular weight is 359 g/mol. The summed E-state index contributed by atoms with van der Waals surface area (Å²) in [4.78, 5) is 16.4. The first-order valence-electron chi connectivity index (χ1n) is 7.25. The summed E-state index contributed by atoms with van der Waals surface area (Å²) in [5.74, 6) is 0.0621. The summed E-state index contributed by atoms with van der Waals surface area (Å²) in [5.41, 5.74) is 5.34. The van der Waals surface area contributed by atoms with Crippen molar-refractivity contribution in [2.75, 3.05) is 5.75 Å². The van der Waals surface area contributed by atoms with Crippen molar-refractivity contribution in [2.45, 2.75) is 5.16 Å². The van der Waals surface area contributed by atoms with E-state index in [0.717, 1.165) is 21.8 Å². The standard InChI is InChI=1S/C17H15ClN4OS/c1-22-15-5-3-2-4-14(15)20-17(22)24-11-16(23)21-19-10-12-6-8-13(18)9-7-12/h2-10H,11H2,1H3,(H,21,23). The molecule has 24 heavy (non-hydrogen) atoms. The molecule has 3 rings (SSSR count). The topological polar surface area (TPSA) is 59.3 Å². The molecule has 0 spiro atoms.